The molecule has 142 valence electrons. The Morgan fingerprint density at radius 2 is 1.85 bits per heavy atom. The first-order valence-electron chi connectivity index (χ1n) is 8.52. The van der Waals surface area contributed by atoms with E-state index in [1.807, 2.05) is 12.1 Å². The van der Waals surface area contributed by atoms with Crippen molar-refractivity contribution in [2.75, 3.05) is 13.2 Å². The summed E-state index contributed by atoms with van der Waals surface area (Å²) in [5, 5.41) is 0.404. The third kappa shape index (κ3) is 4.74. The highest BCUT2D eigenvalue weighted by molar-refractivity contribution is 9.10. The predicted octanol–water partition coefficient (Wildman–Crippen LogP) is 5.38. The molecule has 2 aromatic carbocycles. The van der Waals surface area contributed by atoms with Gasteiger partial charge in [0, 0.05) is 10.0 Å². The van der Waals surface area contributed by atoms with Crippen LogP contribution in [0.2, 0.25) is 0 Å². The maximum Gasteiger partial charge on any atom is 0.347 e. The molecule has 6 nitrogen and oxygen atoms in total. The van der Waals surface area contributed by atoms with Crippen LogP contribution in [0.5, 0.6) is 0 Å². The van der Waals surface area contributed by atoms with Gasteiger partial charge in [-0.3, -0.25) is 4.57 Å². The number of fused-ring (bicyclic) bond motifs is 1. The van der Waals surface area contributed by atoms with E-state index in [0.717, 1.165) is 10.0 Å². The number of hydrogen-bond acceptors (Lipinski definition) is 6. The number of nitrogens with zero attached hydrogens (tertiary/aromatic N) is 1. The SMILES string of the molecule is CCOP(=O)(Cc1cccc(-c2nc3ccc(Br)cc3c(=O)o2)c1)OCC. The monoisotopic (exact) mass is 451 g/mol. The molecule has 0 spiro atoms. The van der Waals surface area contributed by atoms with E-state index in [-0.39, 0.29) is 12.1 Å². The molecule has 0 radical (unpaired) electrons. The molecule has 0 atom stereocenters. The lowest BCUT2D eigenvalue weighted by Crippen LogP contribution is -2.03. The molecule has 0 amide bonds. The maximum absolute atomic E-state index is 12.8. The van der Waals surface area contributed by atoms with Gasteiger partial charge >= 0.3 is 13.2 Å². The molecule has 0 bridgehead atoms. The smallest absolute Gasteiger partial charge is 0.347 e. The third-order valence-corrected chi connectivity index (χ3v) is 6.34. The maximum atomic E-state index is 12.8. The van der Waals surface area contributed by atoms with Gasteiger partial charge < -0.3 is 13.5 Å². The molecular formula is C19H19BrNO5P. The van der Waals surface area contributed by atoms with Crippen molar-refractivity contribution < 1.29 is 18.0 Å². The molecule has 0 unspecified atom stereocenters. The van der Waals surface area contributed by atoms with E-state index in [0.29, 0.717) is 29.7 Å². The van der Waals surface area contributed by atoms with Gasteiger partial charge in [-0.15, -0.1) is 0 Å². The molecular weight excluding hydrogens is 433 g/mol. The number of benzene rings is 2. The molecule has 8 heteroatoms. The quantitative estimate of drug-likeness (QED) is 0.448. The van der Waals surface area contributed by atoms with Crippen molar-refractivity contribution in [2.24, 2.45) is 0 Å². The van der Waals surface area contributed by atoms with Crippen LogP contribution in [-0.4, -0.2) is 18.2 Å². The highest BCUT2D eigenvalue weighted by Gasteiger charge is 2.24. The lowest BCUT2D eigenvalue weighted by molar-refractivity contribution is 0.219. The topological polar surface area (TPSA) is 78.6 Å². The van der Waals surface area contributed by atoms with Crippen molar-refractivity contribution in [1.29, 1.82) is 0 Å². The summed E-state index contributed by atoms with van der Waals surface area (Å²) in [6.45, 7) is 4.14. The summed E-state index contributed by atoms with van der Waals surface area (Å²) in [5.74, 6) is 0.208. The van der Waals surface area contributed by atoms with E-state index in [4.69, 9.17) is 13.5 Å². The van der Waals surface area contributed by atoms with Crippen molar-refractivity contribution in [3.8, 4) is 11.5 Å². The summed E-state index contributed by atoms with van der Waals surface area (Å²) in [6, 6.07) is 12.4. The number of aromatic nitrogens is 1. The normalized spacial score (nSPS) is 11.8. The minimum absolute atomic E-state index is 0.132. The van der Waals surface area contributed by atoms with Gasteiger partial charge in [-0.1, -0.05) is 28.1 Å². The molecule has 1 heterocycles. The molecule has 0 aliphatic heterocycles. The van der Waals surface area contributed by atoms with Gasteiger partial charge in [0.15, 0.2) is 0 Å². The zero-order valence-corrected chi connectivity index (χ0v) is 17.5. The second-order valence-corrected chi connectivity index (χ2v) is 8.74. The lowest BCUT2D eigenvalue weighted by atomic mass is 10.1. The fourth-order valence-corrected chi connectivity index (χ4v) is 4.76. The van der Waals surface area contributed by atoms with Crippen LogP contribution in [0.1, 0.15) is 19.4 Å². The van der Waals surface area contributed by atoms with E-state index >= 15 is 0 Å². The molecule has 0 fully saturated rings. The molecule has 1 aromatic heterocycles. The zero-order valence-electron chi connectivity index (χ0n) is 15.0. The Morgan fingerprint density at radius 3 is 2.56 bits per heavy atom. The third-order valence-electron chi connectivity index (χ3n) is 3.79. The first kappa shape index (κ1) is 20.0. The average molecular weight is 452 g/mol. The number of halogens is 1. The van der Waals surface area contributed by atoms with Crippen molar-refractivity contribution in [3.63, 3.8) is 0 Å². The minimum Gasteiger partial charge on any atom is -0.403 e. The Bertz CT molecular complexity index is 1060. The number of rotatable bonds is 7. The first-order chi connectivity index (χ1) is 12.9. The summed E-state index contributed by atoms with van der Waals surface area (Å²) in [5.41, 5.74) is 1.45. The van der Waals surface area contributed by atoms with Gasteiger partial charge in [0.1, 0.15) is 0 Å². The highest BCUT2D eigenvalue weighted by Crippen LogP contribution is 2.51. The van der Waals surface area contributed by atoms with Crippen molar-refractivity contribution in [3.05, 3.63) is 62.9 Å². The van der Waals surface area contributed by atoms with Crippen molar-refractivity contribution >= 4 is 34.4 Å². The second-order valence-electron chi connectivity index (χ2n) is 5.77. The van der Waals surface area contributed by atoms with E-state index < -0.39 is 13.2 Å². The fraction of sp³-hybridized carbons (Fsp3) is 0.263. The molecule has 0 saturated carbocycles. The molecule has 3 aromatic rings. The van der Waals surface area contributed by atoms with Gasteiger partial charge in [-0.2, -0.15) is 0 Å². The highest BCUT2D eigenvalue weighted by atomic mass is 79.9. The van der Waals surface area contributed by atoms with Crippen LogP contribution in [0.4, 0.5) is 0 Å². The van der Waals surface area contributed by atoms with E-state index in [1.54, 1.807) is 44.2 Å². The first-order valence-corrected chi connectivity index (χ1v) is 11.0. The standard InChI is InChI=1S/C19H19BrNO5P/c1-3-24-27(23,25-4-2)12-13-6-5-7-14(10-13)18-21-17-9-8-15(20)11-16(17)19(22)26-18/h5-11H,3-4,12H2,1-2H3. The van der Waals surface area contributed by atoms with Crippen molar-refractivity contribution in [1.82, 2.24) is 4.98 Å². The fourth-order valence-electron chi connectivity index (χ4n) is 2.72. The van der Waals surface area contributed by atoms with Crippen LogP contribution < -0.4 is 5.63 Å². The van der Waals surface area contributed by atoms with Crippen LogP contribution in [0, 0.1) is 0 Å². The summed E-state index contributed by atoms with van der Waals surface area (Å²) < 4.78 is 29.6. The van der Waals surface area contributed by atoms with Crippen LogP contribution >= 0.6 is 23.5 Å². The Kier molecular flexibility index (Phi) is 6.27. The minimum atomic E-state index is -3.22. The van der Waals surface area contributed by atoms with E-state index in [2.05, 4.69) is 20.9 Å². The Hall–Kier alpha value is -1.79. The van der Waals surface area contributed by atoms with Crippen LogP contribution in [0.25, 0.3) is 22.4 Å². The summed E-state index contributed by atoms with van der Waals surface area (Å²) in [6.07, 6.45) is 0.132. The predicted molar refractivity (Wildman–Crippen MR) is 108 cm³/mol. The molecule has 0 aliphatic carbocycles. The van der Waals surface area contributed by atoms with Crippen molar-refractivity contribution in [2.45, 2.75) is 20.0 Å². The molecule has 27 heavy (non-hydrogen) atoms. The molecule has 0 saturated heterocycles. The summed E-state index contributed by atoms with van der Waals surface area (Å²) in [7, 11) is -3.22. The Morgan fingerprint density at radius 1 is 1.11 bits per heavy atom. The van der Waals surface area contributed by atoms with Crippen LogP contribution in [0.15, 0.2) is 56.1 Å². The van der Waals surface area contributed by atoms with Gasteiger partial charge in [0.05, 0.1) is 30.3 Å². The Labute approximate surface area is 165 Å². The summed E-state index contributed by atoms with van der Waals surface area (Å²) >= 11 is 3.33. The largest absolute Gasteiger partial charge is 0.403 e. The summed E-state index contributed by atoms with van der Waals surface area (Å²) in [4.78, 5) is 16.7. The average Bonchev–Trinajstić information content (AvgIpc) is 2.62. The van der Waals surface area contributed by atoms with Gasteiger partial charge in [-0.05, 0) is 49.7 Å². The molecule has 0 N–H and O–H groups in total. The zero-order chi connectivity index (χ0) is 19.4. The van der Waals surface area contributed by atoms with Gasteiger partial charge in [0.25, 0.3) is 0 Å². The van der Waals surface area contributed by atoms with E-state index in [9.17, 15) is 9.36 Å². The number of hydrogen-bond donors (Lipinski definition) is 0. The lowest BCUT2D eigenvalue weighted by Gasteiger charge is -2.17. The van der Waals surface area contributed by atoms with E-state index in [1.165, 1.54) is 0 Å². The molecule has 3 rings (SSSR count). The Balaban J connectivity index is 1.98. The van der Waals surface area contributed by atoms with Gasteiger partial charge in [-0.25, -0.2) is 9.78 Å². The van der Waals surface area contributed by atoms with Gasteiger partial charge in [0.2, 0.25) is 5.89 Å². The molecule has 0 aliphatic rings. The van der Waals surface area contributed by atoms with Crippen LogP contribution in [-0.2, 0) is 19.8 Å². The van der Waals surface area contributed by atoms with Crippen LogP contribution in [0.3, 0.4) is 0 Å². The second kappa shape index (κ2) is 8.48.